The molecule has 0 aliphatic carbocycles. The first-order valence-electron chi connectivity index (χ1n) is 14.3. The Morgan fingerprint density at radius 3 is 2.24 bits per heavy atom. The van der Waals surface area contributed by atoms with Gasteiger partial charge in [0.1, 0.15) is 13.2 Å². The molecule has 212 valence electrons. The molecule has 6 rings (SSSR count). The predicted octanol–water partition coefficient (Wildman–Crippen LogP) is 8.44. The van der Waals surface area contributed by atoms with Crippen molar-refractivity contribution in [2.45, 2.75) is 49.1 Å². The van der Waals surface area contributed by atoms with E-state index in [1.165, 1.54) is 16.7 Å². The summed E-state index contributed by atoms with van der Waals surface area (Å²) in [5, 5.41) is 1.42. The fraction of sp³-hybridized carbons (Fsp3) is 0.314. The summed E-state index contributed by atoms with van der Waals surface area (Å²) in [5.74, 6) is 1.61. The minimum atomic E-state index is 0.156. The van der Waals surface area contributed by atoms with Crippen molar-refractivity contribution in [1.82, 2.24) is 0 Å². The van der Waals surface area contributed by atoms with Crippen molar-refractivity contribution in [2.75, 3.05) is 19.8 Å². The van der Waals surface area contributed by atoms with E-state index in [9.17, 15) is 0 Å². The van der Waals surface area contributed by atoms with Crippen molar-refractivity contribution in [3.63, 3.8) is 0 Å². The molecule has 0 amide bonds. The molecule has 4 aromatic carbocycles. The summed E-state index contributed by atoms with van der Waals surface area (Å²) in [5.41, 5.74) is 5.95. The van der Waals surface area contributed by atoms with Crippen LogP contribution in [0.25, 0.3) is 0 Å². The summed E-state index contributed by atoms with van der Waals surface area (Å²) in [6.45, 7) is 3.11. The molecule has 41 heavy (non-hydrogen) atoms. The van der Waals surface area contributed by atoms with Gasteiger partial charge in [-0.2, -0.15) is 0 Å². The van der Waals surface area contributed by atoms with Gasteiger partial charge in [-0.3, -0.25) is 0 Å². The number of fused-ring (bicyclic) bond motifs is 1. The van der Waals surface area contributed by atoms with Crippen LogP contribution in [-0.4, -0.2) is 31.2 Å². The third-order valence-electron chi connectivity index (χ3n) is 7.55. The van der Waals surface area contributed by atoms with Gasteiger partial charge in [0.25, 0.3) is 0 Å². The number of rotatable bonds is 10. The summed E-state index contributed by atoms with van der Waals surface area (Å²) in [4.78, 5) is 0. The standard InChI is InChI=1S/C35H35ClO4S/c36-32-13-12-28(19-29(32)17-27-11-14-33-34(18-27)39-16-15-38-33)35-21-30(40-23-26-9-5-2-6-10-26)20-31(41-35)24-37-22-25-7-3-1-4-8-25/h1-14,18-19,30-31,35H,15-17,20-24H2. The second kappa shape index (κ2) is 13.8. The highest BCUT2D eigenvalue weighted by Gasteiger charge is 2.31. The molecule has 0 N–H and O–H groups in total. The number of hydrogen-bond acceptors (Lipinski definition) is 5. The fourth-order valence-corrected chi connectivity index (χ4v) is 7.23. The van der Waals surface area contributed by atoms with E-state index in [1.54, 1.807) is 0 Å². The fourth-order valence-electron chi connectivity index (χ4n) is 5.45. The highest BCUT2D eigenvalue weighted by molar-refractivity contribution is 8.00. The summed E-state index contributed by atoms with van der Waals surface area (Å²) in [7, 11) is 0. The molecule has 0 radical (unpaired) electrons. The Morgan fingerprint density at radius 1 is 0.732 bits per heavy atom. The van der Waals surface area contributed by atoms with Gasteiger partial charge in [-0.1, -0.05) is 90.5 Å². The SMILES string of the molecule is Clc1ccc(C2CC(OCc3ccccc3)CC(COCc3ccccc3)S2)cc1Cc1ccc2c(c1)OCCO2. The van der Waals surface area contributed by atoms with Gasteiger partial charge >= 0.3 is 0 Å². The Balaban J connectivity index is 1.16. The molecule has 0 spiro atoms. The van der Waals surface area contributed by atoms with Crippen LogP contribution in [0, 0.1) is 0 Å². The molecule has 1 saturated heterocycles. The van der Waals surface area contributed by atoms with Gasteiger partial charge in [0.15, 0.2) is 11.5 Å². The Bertz CT molecular complexity index is 1410. The largest absolute Gasteiger partial charge is 0.486 e. The molecule has 6 heteroatoms. The summed E-state index contributed by atoms with van der Waals surface area (Å²) < 4.78 is 24.2. The quantitative estimate of drug-likeness (QED) is 0.186. The molecule has 1 fully saturated rings. The highest BCUT2D eigenvalue weighted by atomic mass is 35.5. The zero-order valence-electron chi connectivity index (χ0n) is 23.0. The number of hydrogen-bond donors (Lipinski definition) is 0. The first-order chi connectivity index (χ1) is 20.2. The Morgan fingerprint density at radius 2 is 1.46 bits per heavy atom. The molecule has 4 nitrogen and oxygen atoms in total. The molecule has 0 saturated carbocycles. The average Bonchev–Trinajstić information content (AvgIpc) is 3.02. The molecule has 2 aliphatic heterocycles. The van der Waals surface area contributed by atoms with E-state index in [0.717, 1.165) is 46.9 Å². The van der Waals surface area contributed by atoms with Gasteiger partial charge in [-0.05, 0) is 65.3 Å². The second-order valence-corrected chi connectivity index (χ2v) is 12.6. The first-order valence-corrected chi connectivity index (χ1v) is 15.6. The van der Waals surface area contributed by atoms with Crippen molar-refractivity contribution < 1.29 is 18.9 Å². The summed E-state index contributed by atoms with van der Waals surface area (Å²) in [6.07, 6.45) is 2.82. The third kappa shape index (κ3) is 7.66. The average molecular weight is 587 g/mol. The van der Waals surface area contributed by atoms with Crippen LogP contribution in [0.4, 0.5) is 0 Å². The van der Waals surface area contributed by atoms with Crippen molar-refractivity contribution in [3.8, 4) is 11.5 Å². The van der Waals surface area contributed by atoms with Gasteiger partial charge in [0, 0.05) is 15.5 Å². The maximum Gasteiger partial charge on any atom is 0.161 e. The molecule has 3 unspecified atom stereocenters. The Labute approximate surface area is 251 Å². The van der Waals surface area contributed by atoms with Crippen molar-refractivity contribution in [2.24, 2.45) is 0 Å². The molecule has 0 bridgehead atoms. The molecule has 4 aromatic rings. The molecule has 3 atom stereocenters. The van der Waals surface area contributed by atoms with Crippen LogP contribution in [0.2, 0.25) is 5.02 Å². The van der Waals surface area contributed by atoms with Crippen LogP contribution in [0.3, 0.4) is 0 Å². The first kappa shape index (κ1) is 28.2. The predicted molar refractivity (Wildman–Crippen MR) is 166 cm³/mol. The van der Waals surface area contributed by atoms with Gasteiger partial charge in [-0.25, -0.2) is 0 Å². The molecule has 2 heterocycles. The lowest BCUT2D eigenvalue weighted by atomic mass is 9.97. The van der Waals surface area contributed by atoms with E-state index < -0.39 is 0 Å². The number of thioether (sulfide) groups is 1. The van der Waals surface area contributed by atoms with E-state index in [2.05, 4.69) is 72.8 Å². The van der Waals surface area contributed by atoms with Gasteiger partial charge in [0.2, 0.25) is 0 Å². The van der Waals surface area contributed by atoms with Crippen LogP contribution in [0.15, 0.2) is 97.1 Å². The van der Waals surface area contributed by atoms with Crippen LogP contribution in [-0.2, 0) is 29.1 Å². The lowest BCUT2D eigenvalue weighted by molar-refractivity contribution is 0.0180. The molecule has 0 aromatic heterocycles. The van der Waals surface area contributed by atoms with Crippen LogP contribution >= 0.6 is 23.4 Å². The van der Waals surface area contributed by atoms with Gasteiger partial charge in [0.05, 0.1) is 25.9 Å². The monoisotopic (exact) mass is 586 g/mol. The topological polar surface area (TPSA) is 36.9 Å². The molecular weight excluding hydrogens is 552 g/mol. The maximum atomic E-state index is 6.72. The minimum absolute atomic E-state index is 0.156. The van der Waals surface area contributed by atoms with Crippen molar-refractivity contribution in [1.29, 1.82) is 0 Å². The number of benzene rings is 4. The lowest BCUT2D eigenvalue weighted by Crippen LogP contribution is -2.30. The van der Waals surface area contributed by atoms with E-state index in [4.69, 9.17) is 30.5 Å². The van der Waals surface area contributed by atoms with E-state index in [1.807, 2.05) is 36.0 Å². The Hall–Kier alpha value is -2.96. The third-order valence-corrected chi connectivity index (χ3v) is 9.42. The van der Waals surface area contributed by atoms with E-state index in [0.29, 0.717) is 43.5 Å². The number of halogens is 1. The van der Waals surface area contributed by atoms with E-state index in [-0.39, 0.29) is 6.10 Å². The normalized spacial score (nSPS) is 20.1. The highest BCUT2D eigenvalue weighted by Crippen LogP contribution is 2.45. The summed E-state index contributed by atoms with van der Waals surface area (Å²) in [6, 6.07) is 33.4. The zero-order valence-corrected chi connectivity index (χ0v) is 24.6. The lowest BCUT2D eigenvalue weighted by Gasteiger charge is -2.35. The van der Waals surface area contributed by atoms with Crippen LogP contribution in [0.1, 0.15) is 45.9 Å². The van der Waals surface area contributed by atoms with E-state index >= 15 is 0 Å². The molecule has 2 aliphatic rings. The van der Waals surface area contributed by atoms with Crippen molar-refractivity contribution >= 4 is 23.4 Å². The van der Waals surface area contributed by atoms with Crippen LogP contribution in [0.5, 0.6) is 11.5 Å². The molecular formula is C35H35ClO4S. The maximum absolute atomic E-state index is 6.72. The summed E-state index contributed by atoms with van der Waals surface area (Å²) >= 11 is 8.72. The Kier molecular flexibility index (Phi) is 9.48. The van der Waals surface area contributed by atoms with Crippen LogP contribution < -0.4 is 9.47 Å². The number of ether oxygens (including phenoxy) is 4. The van der Waals surface area contributed by atoms with Gasteiger partial charge in [-0.15, -0.1) is 11.8 Å². The minimum Gasteiger partial charge on any atom is -0.486 e. The van der Waals surface area contributed by atoms with Crippen molar-refractivity contribution in [3.05, 3.63) is 130 Å². The second-order valence-electron chi connectivity index (χ2n) is 10.6. The van der Waals surface area contributed by atoms with Gasteiger partial charge < -0.3 is 18.9 Å². The smallest absolute Gasteiger partial charge is 0.161 e. The zero-order chi connectivity index (χ0) is 27.9.